The number of esters is 6. The zero-order valence-corrected chi connectivity index (χ0v) is 68.6. The van der Waals surface area contributed by atoms with Gasteiger partial charge in [0.25, 0.3) is 0 Å². The van der Waals surface area contributed by atoms with E-state index < -0.39 is 35.8 Å². The molecule has 0 aliphatic rings. The van der Waals surface area contributed by atoms with Crippen molar-refractivity contribution >= 4 is 68.1 Å². The number of nitrogens with two attached hydrogens (primary N) is 6. The van der Waals surface area contributed by atoms with E-state index in [2.05, 4.69) is 0 Å². The Morgan fingerprint density at radius 3 is 0.425 bits per heavy atom. The lowest BCUT2D eigenvalue weighted by Crippen LogP contribution is -2.14. The minimum absolute atomic E-state index is 0.106. The summed E-state index contributed by atoms with van der Waals surface area (Å²) in [6.45, 7) is 6.32. The molecule has 0 unspecified atom stereocenters. The van der Waals surface area contributed by atoms with Gasteiger partial charge in [0.1, 0.15) is 34.5 Å². The first kappa shape index (κ1) is 90.7. The molecule has 0 aromatic heterocycles. The molecule has 0 heterocycles. The second kappa shape index (κ2) is 49.7. The van der Waals surface area contributed by atoms with Crippen molar-refractivity contribution in [2.45, 2.75) is 154 Å². The third kappa shape index (κ3) is 28.3. The first-order chi connectivity index (χ1) is 58.8. The molecule has 10 aromatic rings. The van der Waals surface area contributed by atoms with Crippen molar-refractivity contribution in [3.63, 3.8) is 0 Å². The number of hydrogen-bond donors (Lipinski definition) is 6. The van der Waals surface area contributed by atoms with Crippen molar-refractivity contribution < 1.29 is 85.6 Å². The van der Waals surface area contributed by atoms with Crippen LogP contribution in [0.3, 0.4) is 0 Å². The fourth-order valence-electron chi connectivity index (χ4n) is 13.3. The molecule has 0 spiro atoms. The molecule has 0 aliphatic heterocycles. The highest BCUT2D eigenvalue weighted by Gasteiger charge is 2.28. The lowest BCUT2D eigenvalue weighted by atomic mass is 9.93. The normalized spacial score (nSPS) is 11.2. The zero-order chi connectivity index (χ0) is 84.5. The Balaban J connectivity index is 1.15. The predicted molar refractivity (Wildman–Crippen MR) is 465 cm³/mol. The van der Waals surface area contributed by atoms with Crippen LogP contribution in [0.15, 0.2) is 182 Å². The first-order valence-electron chi connectivity index (χ1n) is 42.2. The fourth-order valence-corrected chi connectivity index (χ4v) is 13.3. The molecule has 636 valence electrons. The molecule has 24 nitrogen and oxygen atoms in total. The van der Waals surface area contributed by atoms with Gasteiger partial charge in [-0.2, -0.15) is 0 Å². The highest BCUT2D eigenvalue weighted by atomic mass is 16.6. The van der Waals surface area contributed by atoms with Gasteiger partial charge in [0, 0.05) is 0 Å². The van der Waals surface area contributed by atoms with Crippen molar-refractivity contribution in [2.24, 2.45) is 34.4 Å². The van der Waals surface area contributed by atoms with Crippen molar-refractivity contribution in [3.05, 3.63) is 215 Å². The summed E-state index contributed by atoms with van der Waals surface area (Å²) in [4.78, 5) is 89.0. The second-order valence-electron chi connectivity index (χ2n) is 29.3. The second-order valence-corrected chi connectivity index (χ2v) is 29.3. The van der Waals surface area contributed by atoms with Crippen LogP contribution in [0.2, 0.25) is 0 Å². The van der Waals surface area contributed by atoms with E-state index in [0.717, 1.165) is 154 Å². The van der Waals surface area contributed by atoms with Gasteiger partial charge in [-0.15, -0.1) is 0 Å². The molecule has 0 radical (unpaired) electrons. The van der Waals surface area contributed by atoms with Gasteiger partial charge >= 0.3 is 35.8 Å². The van der Waals surface area contributed by atoms with E-state index >= 15 is 0 Å². The minimum Gasteiger partial charge on any atom is -0.494 e. The number of carbonyl (C=O) groups excluding carboxylic acids is 6. The highest BCUT2D eigenvalue weighted by Crippen LogP contribution is 2.48. The molecular weight excluding hydrogens is 1530 g/mol. The minimum atomic E-state index is -0.856. The zero-order valence-electron chi connectivity index (χ0n) is 68.6. The Labute approximate surface area is 702 Å². The molecule has 0 amide bonds. The van der Waals surface area contributed by atoms with E-state index in [1.54, 1.807) is 146 Å². The van der Waals surface area contributed by atoms with Crippen LogP contribution in [0.1, 0.15) is 216 Å². The lowest BCUT2D eigenvalue weighted by Gasteiger charge is -2.19. The molecular formula is C96H114N6O18. The summed E-state index contributed by atoms with van der Waals surface area (Å²) in [6.07, 6.45) is 21.7. The summed E-state index contributed by atoms with van der Waals surface area (Å²) in [6, 6.07) is 47.4. The highest BCUT2D eigenvalue weighted by molar-refractivity contribution is 6.27. The number of benzene rings is 10. The van der Waals surface area contributed by atoms with Crippen molar-refractivity contribution in [1.29, 1.82) is 0 Å². The van der Waals surface area contributed by atoms with Crippen LogP contribution < -0.4 is 91.2 Å². The maximum absolute atomic E-state index is 14.8. The number of unbranched alkanes of at least 4 members (excludes halogenated alkanes) is 18. The van der Waals surface area contributed by atoms with E-state index in [9.17, 15) is 28.8 Å². The van der Waals surface area contributed by atoms with Crippen molar-refractivity contribution in [2.75, 3.05) is 78.9 Å². The van der Waals surface area contributed by atoms with Gasteiger partial charge in [0.05, 0.1) is 73.0 Å². The summed E-state index contributed by atoms with van der Waals surface area (Å²) >= 11 is 0. The van der Waals surface area contributed by atoms with E-state index in [4.69, 9.17) is 91.2 Å². The summed E-state index contributed by atoms with van der Waals surface area (Å²) in [5.41, 5.74) is 35.0. The maximum atomic E-state index is 14.8. The van der Waals surface area contributed by atoms with Gasteiger partial charge in [-0.3, -0.25) is 0 Å². The standard InChI is InChI=1S/C96H114N6O18/c97-49-13-1-7-19-55-109-73-37-25-67(26-38-73)91(103)115-85-61-79-80(62-86(85)116-92(104)68-27-39-74(40-28-68)110-56-20-8-2-14-50-98)82-64-88(118-94(106)70-31-43-76(44-32-70)112-58-22-10-4-16-52-100)90(120-96(108)72-35-47-78(48-36-72)114-60-24-12-6-18-54-102)66-84(82)83-65-89(119-95(107)71-33-45-77(46-34-71)113-59-23-11-5-17-53-101)87(63-81(79)83)117-93(105)69-29-41-75(42-30-69)111-57-21-9-3-15-51-99/h25-48,61-66H,1-24,49-60,97-102H2. The van der Waals surface area contributed by atoms with E-state index in [-0.39, 0.29) is 100 Å². The first-order valence-corrected chi connectivity index (χ1v) is 42.2. The van der Waals surface area contributed by atoms with Crippen LogP contribution in [0.5, 0.6) is 69.0 Å². The molecule has 0 bridgehead atoms. The molecule has 120 heavy (non-hydrogen) atoms. The lowest BCUT2D eigenvalue weighted by molar-refractivity contribution is 0.0682. The van der Waals surface area contributed by atoms with Crippen LogP contribution in [-0.2, 0) is 0 Å². The molecule has 0 saturated heterocycles. The smallest absolute Gasteiger partial charge is 0.343 e. The van der Waals surface area contributed by atoms with Crippen molar-refractivity contribution in [3.8, 4) is 69.0 Å². The van der Waals surface area contributed by atoms with Crippen LogP contribution in [0.4, 0.5) is 0 Å². The average molecular weight is 1640 g/mol. The van der Waals surface area contributed by atoms with Crippen LogP contribution in [0.25, 0.3) is 32.3 Å². The van der Waals surface area contributed by atoms with Gasteiger partial charge < -0.3 is 91.2 Å². The Kier molecular flexibility index (Phi) is 37.5. The van der Waals surface area contributed by atoms with Crippen LogP contribution in [-0.4, -0.2) is 115 Å². The fraction of sp³-hybridized carbons (Fsp3) is 0.375. The summed E-state index contributed by atoms with van der Waals surface area (Å²) in [5, 5.41) is 1.52. The van der Waals surface area contributed by atoms with E-state index in [1.807, 2.05) is 0 Å². The number of ether oxygens (including phenoxy) is 12. The molecule has 0 atom stereocenters. The van der Waals surface area contributed by atoms with E-state index in [0.29, 0.717) is 113 Å². The molecule has 10 rings (SSSR count). The van der Waals surface area contributed by atoms with Gasteiger partial charge in [-0.1, -0.05) is 77.0 Å². The van der Waals surface area contributed by atoms with Gasteiger partial charge in [0.2, 0.25) is 0 Å². The van der Waals surface area contributed by atoms with Gasteiger partial charge in [-0.25, -0.2) is 28.8 Å². The van der Waals surface area contributed by atoms with Crippen molar-refractivity contribution in [1.82, 2.24) is 0 Å². The molecule has 24 heteroatoms. The molecule has 0 fully saturated rings. The SMILES string of the molecule is NCCCCCCOc1ccc(C(=O)Oc2cc3c4cc(OC(=O)c5ccc(OCCCCCCN)cc5)c(OC(=O)c5ccc(OCCCCCCN)cc5)cc4c4cc(OC(=O)c5ccc(OCCCCCCN)cc5)c(OC(=O)c5ccc(OCCCCCCN)cc5)cc4c3cc2OC(=O)c2ccc(OCCCCCCN)cc2)cc1. The molecule has 0 saturated carbocycles. The average Bonchev–Trinajstić information content (AvgIpc) is 0.721. The maximum Gasteiger partial charge on any atom is 0.343 e. The number of carbonyl (C=O) groups is 6. The third-order valence-electron chi connectivity index (χ3n) is 20.1. The van der Waals surface area contributed by atoms with Crippen LogP contribution in [0, 0.1) is 0 Å². The summed E-state index contributed by atoms with van der Waals surface area (Å²) in [7, 11) is 0. The van der Waals surface area contributed by atoms with Gasteiger partial charge in [-0.05, 0) is 331 Å². The van der Waals surface area contributed by atoms with E-state index in [1.165, 1.54) is 36.4 Å². The summed E-state index contributed by atoms with van der Waals surface area (Å²) < 4.78 is 74.6. The Morgan fingerprint density at radius 2 is 0.300 bits per heavy atom. The molecule has 0 aliphatic carbocycles. The monoisotopic (exact) mass is 1640 g/mol. The Hall–Kier alpha value is -11.6. The Morgan fingerprint density at radius 1 is 0.175 bits per heavy atom. The number of hydrogen-bond acceptors (Lipinski definition) is 24. The molecule has 10 aromatic carbocycles. The topological polar surface area (TPSA) is 369 Å². The Bertz CT molecular complexity index is 4070. The van der Waals surface area contributed by atoms with Gasteiger partial charge in [0.15, 0.2) is 34.5 Å². The van der Waals surface area contributed by atoms with Crippen LogP contribution >= 0.6 is 0 Å². The molecule has 12 N–H and O–H groups in total. The third-order valence-corrected chi connectivity index (χ3v) is 20.1. The summed E-state index contributed by atoms with van der Waals surface area (Å²) in [5.74, 6) is -3.55. The number of rotatable bonds is 54. The predicted octanol–water partition coefficient (Wildman–Crippen LogP) is 17.8. The largest absolute Gasteiger partial charge is 0.494 e. The quantitative estimate of drug-likeness (QED) is 0.00892. The number of fused-ring (bicyclic) bond motifs is 6.